The summed E-state index contributed by atoms with van der Waals surface area (Å²) in [6.45, 7) is 3.76. The summed E-state index contributed by atoms with van der Waals surface area (Å²) >= 11 is 0. The topological polar surface area (TPSA) is 69.6 Å². The summed E-state index contributed by atoms with van der Waals surface area (Å²) in [5, 5.41) is 13.2. The van der Waals surface area contributed by atoms with E-state index in [0.29, 0.717) is 25.2 Å². The number of unbranched alkanes of at least 4 members (excludes halogenated alkanes) is 1. The van der Waals surface area contributed by atoms with Crippen LogP contribution in [0.3, 0.4) is 0 Å². The van der Waals surface area contributed by atoms with Crippen molar-refractivity contribution in [1.82, 2.24) is 10.2 Å². The van der Waals surface area contributed by atoms with Gasteiger partial charge in [-0.2, -0.15) is 0 Å². The molecular weight excluding hydrogens is 292 g/mol. The zero-order valence-corrected chi connectivity index (χ0v) is 13.7. The molecule has 1 saturated heterocycles. The van der Waals surface area contributed by atoms with E-state index in [1.165, 1.54) is 0 Å². The molecule has 0 aliphatic carbocycles. The summed E-state index contributed by atoms with van der Waals surface area (Å²) in [4.78, 5) is 26.3. The summed E-state index contributed by atoms with van der Waals surface area (Å²) in [5.74, 6) is -0.472. The Labute approximate surface area is 137 Å². The number of hydrogen-bond donors (Lipinski definition) is 2. The second kappa shape index (κ2) is 8.67. The standard InChI is InChI=1S/C18H26N2O3/c1-2-3-11-19-17(22)15-10-7-12-20(13-15)18(23)16(21)14-8-5-4-6-9-14/h4-6,8-9,15-16,21H,2-3,7,10-13H2,1H3,(H,19,22). The number of carbonyl (C=O) groups is 2. The smallest absolute Gasteiger partial charge is 0.256 e. The Morgan fingerprint density at radius 2 is 2.09 bits per heavy atom. The normalized spacial score (nSPS) is 19.2. The fourth-order valence-corrected chi connectivity index (χ4v) is 2.87. The number of nitrogens with zero attached hydrogens (tertiary/aromatic N) is 1. The van der Waals surface area contributed by atoms with Gasteiger partial charge in [0.25, 0.3) is 5.91 Å². The minimum atomic E-state index is -1.15. The van der Waals surface area contributed by atoms with Crippen molar-refractivity contribution in [1.29, 1.82) is 0 Å². The predicted octanol–water partition coefficient (Wildman–Crippen LogP) is 1.87. The monoisotopic (exact) mass is 318 g/mol. The quantitative estimate of drug-likeness (QED) is 0.787. The van der Waals surface area contributed by atoms with Gasteiger partial charge in [-0.25, -0.2) is 0 Å². The van der Waals surface area contributed by atoms with Gasteiger partial charge in [0.15, 0.2) is 6.10 Å². The zero-order chi connectivity index (χ0) is 16.7. The highest BCUT2D eigenvalue weighted by atomic mass is 16.3. The molecule has 2 atom stereocenters. The third kappa shape index (κ3) is 4.79. The van der Waals surface area contributed by atoms with Crippen molar-refractivity contribution in [3.8, 4) is 0 Å². The first-order valence-electron chi connectivity index (χ1n) is 8.43. The van der Waals surface area contributed by atoms with E-state index < -0.39 is 6.10 Å². The molecule has 0 radical (unpaired) electrons. The number of nitrogens with one attached hydrogen (secondary N) is 1. The van der Waals surface area contributed by atoms with Crippen LogP contribution in [0.25, 0.3) is 0 Å². The SMILES string of the molecule is CCCCNC(=O)C1CCCN(C(=O)C(O)c2ccccc2)C1. The van der Waals surface area contributed by atoms with Gasteiger partial charge < -0.3 is 15.3 Å². The van der Waals surface area contributed by atoms with Gasteiger partial charge in [-0.3, -0.25) is 9.59 Å². The van der Waals surface area contributed by atoms with Crippen LogP contribution in [-0.2, 0) is 9.59 Å². The average molecular weight is 318 g/mol. The number of hydrogen-bond acceptors (Lipinski definition) is 3. The Balaban J connectivity index is 1.92. The maximum atomic E-state index is 12.5. The van der Waals surface area contributed by atoms with Gasteiger partial charge in [-0.15, -0.1) is 0 Å². The van der Waals surface area contributed by atoms with E-state index in [2.05, 4.69) is 12.2 Å². The van der Waals surface area contributed by atoms with Crippen molar-refractivity contribution in [3.05, 3.63) is 35.9 Å². The highest BCUT2D eigenvalue weighted by Gasteiger charge is 2.31. The molecule has 0 bridgehead atoms. The maximum Gasteiger partial charge on any atom is 0.256 e. The van der Waals surface area contributed by atoms with Crippen LogP contribution in [0, 0.1) is 5.92 Å². The van der Waals surface area contributed by atoms with E-state index in [-0.39, 0.29) is 17.7 Å². The van der Waals surface area contributed by atoms with Crippen LogP contribution >= 0.6 is 0 Å². The highest BCUT2D eigenvalue weighted by Crippen LogP contribution is 2.21. The molecule has 5 heteroatoms. The lowest BCUT2D eigenvalue weighted by Gasteiger charge is -2.33. The molecule has 1 aromatic carbocycles. The lowest BCUT2D eigenvalue weighted by molar-refractivity contribution is -0.143. The highest BCUT2D eigenvalue weighted by molar-refractivity contribution is 5.84. The molecule has 5 nitrogen and oxygen atoms in total. The second-order valence-corrected chi connectivity index (χ2v) is 6.08. The van der Waals surface area contributed by atoms with Gasteiger partial charge in [-0.1, -0.05) is 43.7 Å². The van der Waals surface area contributed by atoms with Crippen molar-refractivity contribution < 1.29 is 14.7 Å². The fraction of sp³-hybridized carbons (Fsp3) is 0.556. The van der Waals surface area contributed by atoms with Crippen LogP contribution in [-0.4, -0.2) is 41.5 Å². The first-order chi connectivity index (χ1) is 11.1. The number of likely N-dealkylation sites (tertiary alicyclic amines) is 1. The average Bonchev–Trinajstić information content (AvgIpc) is 2.61. The number of carbonyl (C=O) groups excluding carboxylic acids is 2. The van der Waals surface area contributed by atoms with Crippen LogP contribution in [0.5, 0.6) is 0 Å². The number of rotatable bonds is 6. The van der Waals surface area contributed by atoms with Gasteiger partial charge in [0.1, 0.15) is 0 Å². The largest absolute Gasteiger partial charge is 0.378 e. The Bertz CT molecular complexity index is 518. The molecule has 2 amide bonds. The number of aliphatic hydroxyl groups is 1. The minimum Gasteiger partial charge on any atom is -0.378 e. The van der Waals surface area contributed by atoms with Crippen molar-refractivity contribution in [3.63, 3.8) is 0 Å². The third-order valence-corrected chi connectivity index (χ3v) is 4.28. The summed E-state index contributed by atoms with van der Waals surface area (Å²) in [6, 6.07) is 8.92. The molecule has 2 rings (SSSR count). The molecule has 2 N–H and O–H groups in total. The molecule has 0 aromatic heterocycles. The second-order valence-electron chi connectivity index (χ2n) is 6.08. The van der Waals surface area contributed by atoms with E-state index in [1.807, 2.05) is 6.07 Å². The van der Waals surface area contributed by atoms with Crippen LogP contribution in [0.4, 0.5) is 0 Å². The molecule has 1 aromatic rings. The maximum absolute atomic E-state index is 12.5. The van der Waals surface area contributed by atoms with Crippen molar-refractivity contribution >= 4 is 11.8 Å². The van der Waals surface area contributed by atoms with Gasteiger partial charge in [0, 0.05) is 19.6 Å². The molecule has 0 spiro atoms. The Hall–Kier alpha value is -1.88. The summed E-state index contributed by atoms with van der Waals surface area (Å²) in [5.41, 5.74) is 0.590. The van der Waals surface area contributed by atoms with Crippen LogP contribution in [0.2, 0.25) is 0 Å². The van der Waals surface area contributed by atoms with Crippen LogP contribution in [0.15, 0.2) is 30.3 Å². The summed E-state index contributed by atoms with van der Waals surface area (Å²) in [7, 11) is 0. The lowest BCUT2D eigenvalue weighted by atomic mass is 9.96. The molecule has 1 aliphatic rings. The minimum absolute atomic E-state index is 0.0187. The van der Waals surface area contributed by atoms with E-state index >= 15 is 0 Å². The molecule has 1 aliphatic heterocycles. The van der Waals surface area contributed by atoms with Crippen molar-refractivity contribution in [2.45, 2.75) is 38.7 Å². The van der Waals surface area contributed by atoms with Crippen LogP contribution < -0.4 is 5.32 Å². The zero-order valence-electron chi connectivity index (χ0n) is 13.7. The molecular formula is C18H26N2O3. The third-order valence-electron chi connectivity index (χ3n) is 4.28. The molecule has 126 valence electrons. The summed E-state index contributed by atoms with van der Waals surface area (Å²) in [6.07, 6.45) is 2.44. The van der Waals surface area contributed by atoms with Gasteiger partial charge in [0.05, 0.1) is 5.92 Å². The predicted molar refractivity (Wildman–Crippen MR) is 88.6 cm³/mol. The fourth-order valence-electron chi connectivity index (χ4n) is 2.87. The van der Waals surface area contributed by atoms with E-state index in [0.717, 1.165) is 25.7 Å². The molecule has 0 saturated carbocycles. The Kier molecular flexibility index (Phi) is 6.59. The molecule has 1 fully saturated rings. The summed E-state index contributed by atoms with van der Waals surface area (Å²) < 4.78 is 0. The van der Waals surface area contributed by atoms with E-state index in [1.54, 1.807) is 29.2 Å². The number of aliphatic hydroxyl groups excluding tert-OH is 1. The Morgan fingerprint density at radius 1 is 1.35 bits per heavy atom. The van der Waals surface area contributed by atoms with Crippen LogP contribution in [0.1, 0.15) is 44.3 Å². The van der Waals surface area contributed by atoms with E-state index in [9.17, 15) is 14.7 Å². The Morgan fingerprint density at radius 3 is 2.78 bits per heavy atom. The van der Waals surface area contributed by atoms with Gasteiger partial charge >= 0.3 is 0 Å². The first kappa shape index (κ1) is 17.5. The number of amides is 2. The number of piperidine rings is 1. The van der Waals surface area contributed by atoms with Gasteiger partial charge in [0.2, 0.25) is 5.91 Å². The first-order valence-corrected chi connectivity index (χ1v) is 8.43. The number of benzene rings is 1. The van der Waals surface area contributed by atoms with Crippen molar-refractivity contribution in [2.75, 3.05) is 19.6 Å². The molecule has 1 heterocycles. The van der Waals surface area contributed by atoms with Gasteiger partial charge in [-0.05, 0) is 24.8 Å². The molecule has 2 unspecified atom stereocenters. The van der Waals surface area contributed by atoms with E-state index in [4.69, 9.17) is 0 Å². The van der Waals surface area contributed by atoms with Crippen molar-refractivity contribution in [2.24, 2.45) is 5.92 Å². The lowest BCUT2D eigenvalue weighted by Crippen LogP contribution is -2.47. The molecule has 23 heavy (non-hydrogen) atoms.